The number of aromatic nitrogens is 15. The number of fused-ring (bicyclic) bond motifs is 4. The van der Waals surface area contributed by atoms with Crippen molar-refractivity contribution in [2.75, 3.05) is 0 Å². The van der Waals surface area contributed by atoms with Gasteiger partial charge in [-0.1, -0.05) is 109 Å². The predicted octanol–water partition coefficient (Wildman–Crippen LogP) is 21.5. The Balaban J connectivity index is 0.000000107. The monoisotopic (exact) mass is 1650 g/mol. The summed E-state index contributed by atoms with van der Waals surface area (Å²) in [6.45, 7) is 11.0. The molecular weight excluding hydrogens is 1540 g/mol. The maximum Gasteiger partial charge on any atom is 0.220 e. The van der Waals surface area contributed by atoms with Crippen LogP contribution in [0.2, 0.25) is 0 Å². The molecule has 0 saturated heterocycles. The molecule has 4 aliphatic carbocycles. The van der Waals surface area contributed by atoms with Crippen molar-refractivity contribution in [3.05, 3.63) is 351 Å². The lowest BCUT2D eigenvalue weighted by Gasteiger charge is -2.57. The van der Waals surface area contributed by atoms with E-state index in [9.17, 15) is 0 Å². The van der Waals surface area contributed by atoms with Gasteiger partial charge < -0.3 is 22.8 Å². The number of aryl methyl sites for hydroxylation is 10. The second kappa shape index (κ2) is 34.9. The van der Waals surface area contributed by atoms with Crippen molar-refractivity contribution in [3.63, 3.8) is 0 Å². The molecule has 23 rings (SSSR count). The lowest BCUT2D eigenvalue weighted by molar-refractivity contribution is -0.660. The smallest absolute Gasteiger partial charge is 0.220 e. The highest BCUT2D eigenvalue weighted by atomic mass is 15.1. The minimum absolute atomic E-state index is 0.379. The molecule has 0 unspecified atom stereocenters. The molecule has 15 nitrogen and oxygen atoms in total. The van der Waals surface area contributed by atoms with Crippen molar-refractivity contribution in [1.29, 1.82) is 0 Å². The first-order chi connectivity index (χ1) is 61.2. The second-order valence-electron chi connectivity index (χ2n) is 35.3. The third-order valence-corrected chi connectivity index (χ3v) is 27.3. The number of benzene rings is 9. The molecule has 10 heterocycles. The van der Waals surface area contributed by atoms with E-state index in [1.807, 2.05) is 84.0 Å². The fraction of sp³-hybridized carbons (Fsp3) is 0.225. The number of para-hydroxylation sites is 1. The number of nitrogens with zero attached hydrogens (tertiary/aromatic N) is 15. The summed E-state index contributed by atoms with van der Waals surface area (Å²) in [6.07, 6.45) is 36.5. The molecule has 19 aromatic rings. The minimum atomic E-state index is 0.379. The lowest BCUT2D eigenvalue weighted by Crippen LogP contribution is -2.48. The Morgan fingerprint density at radius 2 is 0.706 bits per heavy atom. The Morgan fingerprint density at radius 3 is 1.23 bits per heavy atom. The van der Waals surface area contributed by atoms with Gasteiger partial charge in [-0.25, -0.2) is 43.2 Å². The molecule has 10 aromatic heterocycles. The number of hydrogen-bond acceptors (Lipinski definition) is 5. The zero-order chi connectivity index (χ0) is 87.2. The Morgan fingerprint density at radius 1 is 0.294 bits per heavy atom. The fourth-order valence-corrected chi connectivity index (χ4v) is 21.0. The first-order valence-electron chi connectivity index (χ1n) is 44.1. The molecule has 626 valence electrons. The Bertz CT molecular complexity index is 7170. The van der Waals surface area contributed by atoms with Crippen LogP contribution in [0.15, 0.2) is 317 Å². The number of imidazole rings is 5. The summed E-state index contributed by atoms with van der Waals surface area (Å²) in [5.74, 6) is 7.92. The molecule has 0 atom stereocenters. The van der Waals surface area contributed by atoms with Crippen LogP contribution in [-0.4, -0.2) is 47.8 Å². The topological polar surface area (TPSA) is 108 Å². The molecular formula is C111H112N15+5. The van der Waals surface area contributed by atoms with Crippen molar-refractivity contribution < 1.29 is 22.8 Å². The van der Waals surface area contributed by atoms with Crippen LogP contribution in [0.3, 0.4) is 0 Å². The highest BCUT2D eigenvalue weighted by Gasteiger charge is 2.52. The molecule has 4 aliphatic rings. The first kappa shape index (κ1) is 82.8. The second-order valence-corrected chi connectivity index (χ2v) is 35.3. The molecule has 0 N–H and O–H groups in total. The van der Waals surface area contributed by atoms with E-state index >= 15 is 0 Å². The first-order valence-corrected chi connectivity index (χ1v) is 44.1. The Kier molecular flexibility index (Phi) is 22.9. The van der Waals surface area contributed by atoms with Gasteiger partial charge in [0.15, 0.2) is 24.8 Å². The van der Waals surface area contributed by atoms with Crippen LogP contribution < -0.4 is 22.8 Å². The third kappa shape index (κ3) is 15.8. The molecule has 0 aliphatic heterocycles. The Hall–Kier alpha value is -14.2. The SMILES string of the molecule is Cc1c(-c2nccn2C)cc(C23CC4CC(CC(C4)C2)C3)cc1-c1cccc[n+]1C.Cc1c(-c2nccn2C)cc2ccccc2c1-c1cccc[n+]1C.Cc1c(-c2nccn2C)cccc1-c1c2ccccc2cc[n+]1C.Cc1c(-c2nccn2C)cccc1-c1cc2ccccc2c[n+]1C.Cc1c(-c2nccn2C)cccc1-c1ccc2ccccc2[n+]1C. The van der Waals surface area contributed by atoms with E-state index in [4.69, 9.17) is 4.98 Å². The summed E-state index contributed by atoms with van der Waals surface area (Å²) in [5, 5.41) is 8.79. The minimum Gasteiger partial charge on any atom is -0.334 e. The van der Waals surface area contributed by atoms with Crippen LogP contribution in [0.25, 0.3) is 156 Å². The van der Waals surface area contributed by atoms with Crippen LogP contribution >= 0.6 is 0 Å². The van der Waals surface area contributed by atoms with E-state index in [-0.39, 0.29) is 0 Å². The molecule has 4 bridgehead atoms. The van der Waals surface area contributed by atoms with Gasteiger partial charge in [-0.15, -0.1) is 0 Å². The van der Waals surface area contributed by atoms with Gasteiger partial charge in [-0.2, -0.15) is 4.57 Å². The average molecular weight is 1660 g/mol. The molecule has 4 fully saturated rings. The highest BCUT2D eigenvalue weighted by Crippen LogP contribution is 2.61. The van der Waals surface area contributed by atoms with Gasteiger partial charge in [-0.05, 0) is 224 Å². The number of pyridine rings is 5. The van der Waals surface area contributed by atoms with Gasteiger partial charge >= 0.3 is 0 Å². The van der Waals surface area contributed by atoms with Gasteiger partial charge in [0, 0.05) is 195 Å². The molecule has 4 saturated carbocycles. The molecule has 9 aromatic carbocycles. The molecule has 0 radical (unpaired) electrons. The van der Waals surface area contributed by atoms with Gasteiger partial charge in [0.1, 0.15) is 64.4 Å². The normalized spacial score (nSPS) is 15.5. The van der Waals surface area contributed by atoms with E-state index in [1.165, 1.54) is 194 Å². The van der Waals surface area contributed by atoms with Crippen LogP contribution in [0, 0.1) is 52.4 Å². The molecule has 15 heteroatoms. The van der Waals surface area contributed by atoms with E-state index in [0.29, 0.717) is 5.41 Å². The maximum absolute atomic E-state index is 4.75. The highest BCUT2D eigenvalue weighted by molar-refractivity contribution is 6.01. The van der Waals surface area contributed by atoms with Crippen molar-refractivity contribution in [3.8, 4) is 113 Å². The summed E-state index contributed by atoms with van der Waals surface area (Å²) in [7, 11) is 20.8. The summed E-state index contributed by atoms with van der Waals surface area (Å²) in [5.41, 5.74) is 28.0. The fourth-order valence-electron chi connectivity index (χ4n) is 21.0. The predicted molar refractivity (Wildman–Crippen MR) is 510 cm³/mol. The van der Waals surface area contributed by atoms with Crippen molar-refractivity contribution in [2.24, 2.45) is 88.2 Å². The zero-order valence-electron chi connectivity index (χ0n) is 75.2. The quantitative estimate of drug-likeness (QED) is 0.120. The van der Waals surface area contributed by atoms with Gasteiger partial charge in [-0.3, -0.25) is 0 Å². The van der Waals surface area contributed by atoms with Crippen molar-refractivity contribution in [1.82, 2.24) is 47.8 Å². The van der Waals surface area contributed by atoms with Crippen LogP contribution in [0.4, 0.5) is 0 Å². The van der Waals surface area contributed by atoms with Gasteiger partial charge in [0.05, 0.1) is 22.1 Å². The standard InChI is InChI=1S/C27H32N3.4C21H20N3/c1-18-23(25-6-4-5-8-29(25)2)13-22(14-24(18)26-28-7-9-30(26)3)27-15-19-10-20(16-27)12-21(11-19)17-27;1-15-18(21-22-11-13-24(21)3)14-16-8-4-5-9-17(16)20(15)19-10-6-7-12-23(19)2;1-15-17(8-6-9-18(15)21-22-13-14-23(21)2)20-12-11-16-7-4-5-10-19(16)24(20)3;1-15-17(9-6-10-18(15)21-22-12-14-24(21)3)20-19-8-5-4-7-16(19)11-13-23(20)2;1-15-18(9-6-10-19(15)21-22-11-12-23(21)2)20-13-16-7-4-5-8-17(16)14-24(20)3/h4-9,13-14,19-21H,10-12,15-17H2,1-3H3;4*4-14H,1-3H3/q5*+1. The van der Waals surface area contributed by atoms with Crippen LogP contribution in [-0.2, 0) is 75.9 Å². The number of hydrogen-bond donors (Lipinski definition) is 0. The van der Waals surface area contributed by atoms with Crippen molar-refractivity contribution in [2.45, 2.75) is 78.6 Å². The lowest BCUT2D eigenvalue weighted by atomic mass is 9.48. The van der Waals surface area contributed by atoms with E-state index in [0.717, 1.165) is 46.9 Å². The van der Waals surface area contributed by atoms with Crippen molar-refractivity contribution >= 4 is 43.2 Å². The van der Waals surface area contributed by atoms with E-state index < -0.39 is 0 Å². The largest absolute Gasteiger partial charge is 0.334 e. The third-order valence-electron chi connectivity index (χ3n) is 27.3. The summed E-state index contributed by atoms with van der Waals surface area (Å²) in [4.78, 5) is 22.9. The summed E-state index contributed by atoms with van der Waals surface area (Å²) in [6, 6.07) is 82.4. The zero-order valence-corrected chi connectivity index (χ0v) is 75.2. The Labute approximate surface area is 739 Å². The molecule has 126 heavy (non-hydrogen) atoms. The van der Waals surface area contributed by atoms with Crippen LogP contribution in [0.1, 0.15) is 71.9 Å². The summed E-state index contributed by atoms with van der Waals surface area (Å²) >= 11 is 0. The van der Waals surface area contributed by atoms with Gasteiger partial charge in [0.25, 0.3) is 0 Å². The number of rotatable bonds is 11. The average Bonchev–Trinajstić information content (AvgIpc) is 0.770. The van der Waals surface area contributed by atoms with E-state index in [2.05, 4.69) is 404 Å². The summed E-state index contributed by atoms with van der Waals surface area (Å²) < 4.78 is 21.5. The maximum atomic E-state index is 4.75. The van der Waals surface area contributed by atoms with E-state index in [1.54, 1.807) is 5.56 Å². The molecule has 0 spiro atoms. The van der Waals surface area contributed by atoms with Gasteiger partial charge in [0.2, 0.25) is 34.0 Å². The van der Waals surface area contributed by atoms with Crippen LogP contribution in [0.5, 0.6) is 0 Å². The molecule has 0 amide bonds.